The molecule has 3 rings (SSSR count). The number of benzene rings is 2. The second kappa shape index (κ2) is 6.86. The number of nitrogens with zero attached hydrogens (tertiary/aromatic N) is 1. The summed E-state index contributed by atoms with van der Waals surface area (Å²) < 4.78 is 0. The molecule has 2 aromatic rings. The third kappa shape index (κ3) is 3.55. The summed E-state index contributed by atoms with van der Waals surface area (Å²) in [5.74, 6) is 0.204. The Bertz CT molecular complexity index is 709. The second-order valence-corrected chi connectivity index (χ2v) is 6.27. The van der Waals surface area contributed by atoms with Crippen molar-refractivity contribution in [3.8, 4) is 0 Å². The fourth-order valence-electron chi connectivity index (χ4n) is 3.16. The van der Waals surface area contributed by atoms with Gasteiger partial charge >= 0.3 is 0 Å². The van der Waals surface area contributed by atoms with E-state index in [-0.39, 0.29) is 5.91 Å². The van der Waals surface area contributed by atoms with Crippen LogP contribution in [0.4, 0.5) is 11.4 Å². The summed E-state index contributed by atoms with van der Waals surface area (Å²) in [6.45, 7) is 5.67. The SMILES string of the molecule is Cc1ccc(C)c(NCCC(=O)N2CCCc3ccccc32)c1. The third-order valence-electron chi connectivity index (χ3n) is 4.46. The number of amides is 1. The van der Waals surface area contributed by atoms with Gasteiger partial charge in [0.05, 0.1) is 0 Å². The first kappa shape index (κ1) is 15.6. The molecule has 2 aromatic carbocycles. The van der Waals surface area contributed by atoms with Crippen LogP contribution in [0.5, 0.6) is 0 Å². The van der Waals surface area contributed by atoms with Crippen LogP contribution in [0.2, 0.25) is 0 Å². The summed E-state index contributed by atoms with van der Waals surface area (Å²) in [5.41, 5.74) is 5.95. The molecule has 0 spiro atoms. The van der Waals surface area contributed by atoms with E-state index in [0.717, 1.165) is 30.8 Å². The molecule has 0 radical (unpaired) electrons. The van der Waals surface area contributed by atoms with Gasteiger partial charge in [0.1, 0.15) is 0 Å². The Morgan fingerprint density at radius 3 is 2.87 bits per heavy atom. The van der Waals surface area contributed by atoms with E-state index in [1.54, 1.807) is 0 Å². The molecule has 0 aliphatic carbocycles. The number of rotatable bonds is 4. The summed E-state index contributed by atoms with van der Waals surface area (Å²) in [5, 5.41) is 3.40. The predicted molar refractivity (Wildman–Crippen MR) is 96.1 cm³/mol. The average Bonchev–Trinajstić information content (AvgIpc) is 2.57. The molecule has 1 amide bonds. The molecule has 0 saturated carbocycles. The van der Waals surface area contributed by atoms with Crippen molar-refractivity contribution in [3.63, 3.8) is 0 Å². The smallest absolute Gasteiger partial charge is 0.228 e. The number of para-hydroxylation sites is 1. The van der Waals surface area contributed by atoms with Gasteiger partial charge in [-0.05, 0) is 55.5 Å². The molecular weight excluding hydrogens is 284 g/mol. The number of carbonyl (C=O) groups excluding carboxylic acids is 1. The third-order valence-corrected chi connectivity index (χ3v) is 4.46. The van der Waals surface area contributed by atoms with Gasteiger partial charge in [-0.2, -0.15) is 0 Å². The summed E-state index contributed by atoms with van der Waals surface area (Å²) in [4.78, 5) is 14.5. The Balaban J connectivity index is 1.61. The highest BCUT2D eigenvalue weighted by atomic mass is 16.2. The lowest BCUT2D eigenvalue weighted by molar-refractivity contribution is -0.118. The number of hydrogen-bond donors (Lipinski definition) is 1. The molecule has 0 atom stereocenters. The van der Waals surface area contributed by atoms with Crippen molar-refractivity contribution in [1.82, 2.24) is 0 Å². The highest BCUT2D eigenvalue weighted by molar-refractivity contribution is 5.94. The summed E-state index contributed by atoms with van der Waals surface area (Å²) in [7, 11) is 0. The van der Waals surface area contributed by atoms with E-state index in [9.17, 15) is 4.79 Å². The average molecular weight is 308 g/mol. The van der Waals surface area contributed by atoms with Crippen molar-refractivity contribution in [3.05, 3.63) is 59.2 Å². The minimum Gasteiger partial charge on any atom is -0.384 e. The molecule has 1 heterocycles. The largest absolute Gasteiger partial charge is 0.384 e. The van der Waals surface area contributed by atoms with Crippen LogP contribution < -0.4 is 10.2 Å². The van der Waals surface area contributed by atoms with E-state index in [0.29, 0.717) is 13.0 Å². The van der Waals surface area contributed by atoms with Crippen LogP contribution in [0.1, 0.15) is 29.5 Å². The van der Waals surface area contributed by atoms with Crippen LogP contribution in [-0.2, 0) is 11.2 Å². The molecule has 3 heteroatoms. The fourth-order valence-corrected chi connectivity index (χ4v) is 3.16. The summed E-state index contributed by atoms with van der Waals surface area (Å²) in [6.07, 6.45) is 2.63. The molecule has 0 unspecified atom stereocenters. The van der Waals surface area contributed by atoms with Gasteiger partial charge in [0.15, 0.2) is 0 Å². The number of nitrogens with one attached hydrogen (secondary N) is 1. The number of carbonyl (C=O) groups is 1. The van der Waals surface area contributed by atoms with Crippen molar-refractivity contribution in [2.24, 2.45) is 0 Å². The first-order chi connectivity index (χ1) is 11.1. The predicted octanol–water partition coefficient (Wildman–Crippen LogP) is 4.08. The Kier molecular flexibility index (Phi) is 4.65. The van der Waals surface area contributed by atoms with Gasteiger partial charge in [-0.15, -0.1) is 0 Å². The lowest BCUT2D eigenvalue weighted by Gasteiger charge is -2.29. The van der Waals surface area contributed by atoms with Gasteiger partial charge in [0.2, 0.25) is 5.91 Å². The van der Waals surface area contributed by atoms with Crippen molar-refractivity contribution in [2.45, 2.75) is 33.1 Å². The van der Waals surface area contributed by atoms with Gasteiger partial charge in [-0.1, -0.05) is 30.3 Å². The normalized spacial score (nSPS) is 13.6. The minimum absolute atomic E-state index is 0.204. The topological polar surface area (TPSA) is 32.3 Å². The molecule has 1 N–H and O–H groups in total. The first-order valence-corrected chi connectivity index (χ1v) is 8.34. The molecule has 0 bridgehead atoms. The van der Waals surface area contributed by atoms with Gasteiger partial charge in [0.25, 0.3) is 0 Å². The first-order valence-electron chi connectivity index (χ1n) is 8.34. The molecule has 0 aromatic heterocycles. The number of anilines is 2. The maximum atomic E-state index is 12.6. The Labute approximate surface area is 138 Å². The van der Waals surface area contributed by atoms with E-state index in [1.807, 2.05) is 11.0 Å². The van der Waals surface area contributed by atoms with Gasteiger partial charge < -0.3 is 10.2 Å². The second-order valence-electron chi connectivity index (χ2n) is 6.27. The van der Waals surface area contributed by atoms with Crippen molar-refractivity contribution in [2.75, 3.05) is 23.3 Å². The lowest BCUT2D eigenvalue weighted by atomic mass is 10.0. The molecule has 1 aliphatic rings. The molecular formula is C20H24N2O. The van der Waals surface area contributed by atoms with Crippen molar-refractivity contribution >= 4 is 17.3 Å². The van der Waals surface area contributed by atoms with Crippen LogP contribution in [0.15, 0.2) is 42.5 Å². The van der Waals surface area contributed by atoms with Crippen LogP contribution in [0.3, 0.4) is 0 Å². The fraction of sp³-hybridized carbons (Fsp3) is 0.350. The molecule has 0 saturated heterocycles. The quantitative estimate of drug-likeness (QED) is 0.923. The zero-order valence-electron chi connectivity index (χ0n) is 13.9. The lowest BCUT2D eigenvalue weighted by Crippen LogP contribution is -2.36. The Hall–Kier alpha value is -2.29. The van der Waals surface area contributed by atoms with Crippen LogP contribution in [-0.4, -0.2) is 19.0 Å². The van der Waals surface area contributed by atoms with Gasteiger partial charge in [-0.3, -0.25) is 4.79 Å². The Morgan fingerprint density at radius 2 is 2.00 bits per heavy atom. The standard InChI is InChI=1S/C20H24N2O/c1-15-9-10-16(2)18(14-15)21-12-11-20(23)22-13-5-7-17-6-3-4-8-19(17)22/h3-4,6,8-10,14,21H,5,7,11-13H2,1-2H3. The van der Waals surface area contributed by atoms with E-state index in [4.69, 9.17) is 0 Å². The highest BCUT2D eigenvalue weighted by Crippen LogP contribution is 2.27. The van der Waals surface area contributed by atoms with Crippen LogP contribution in [0, 0.1) is 13.8 Å². The van der Waals surface area contributed by atoms with Gasteiger partial charge in [-0.25, -0.2) is 0 Å². The molecule has 0 fully saturated rings. The monoisotopic (exact) mass is 308 g/mol. The summed E-state index contributed by atoms with van der Waals surface area (Å²) >= 11 is 0. The van der Waals surface area contributed by atoms with E-state index < -0.39 is 0 Å². The van der Waals surface area contributed by atoms with Gasteiger partial charge in [0, 0.05) is 30.9 Å². The van der Waals surface area contributed by atoms with E-state index in [1.165, 1.54) is 16.7 Å². The Morgan fingerprint density at radius 1 is 1.17 bits per heavy atom. The number of hydrogen-bond acceptors (Lipinski definition) is 2. The van der Waals surface area contributed by atoms with E-state index >= 15 is 0 Å². The molecule has 120 valence electrons. The van der Waals surface area contributed by atoms with Crippen molar-refractivity contribution in [1.29, 1.82) is 0 Å². The summed E-state index contributed by atoms with van der Waals surface area (Å²) in [6, 6.07) is 14.6. The van der Waals surface area contributed by atoms with Crippen molar-refractivity contribution < 1.29 is 4.79 Å². The molecule has 1 aliphatic heterocycles. The zero-order chi connectivity index (χ0) is 16.2. The minimum atomic E-state index is 0.204. The number of fused-ring (bicyclic) bond motifs is 1. The highest BCUT2D eigenvalue weighted by Gasteiger charge is 2.21. The van der Waals surface area contributed by atoms with E-state index in [2.05, 4.69) is 55.6 Å². The molecule has 23 heavy (non-hydrogen) atoms. The maximum absolute atomic E-state index is 12.6. The zero-order valence-corrected chi connectivity index (χ0v) is 13.9. The van der Waals surface area contributed by atoms with Crippen LogP contribution >= 0.6 is 0 Å². The van der Waals surface area contributed by atoms with Crippen LogP contribution in [0.25, 0.3) is 0 Å². The number of aryl methyl sites for hydroxylation is 3. The maximum Gasteiger partial charge on any atom is 0.228 e. The molecule has 3 nitrogen and oxygen atoms in total.